The van der Waals surface area contributed by atoms with Gasteiger partial charge in [0.2, 0.25) is 0 Å². The van der Waals surface area contributed by atoms with Crippen LogP contribution in [0.1, 0.15) is 29.3 Å². The van der Waals surface area contributed by atoms with Crippen LogP contribution in [0.3, 0.4) is 0 Å². The third-order valence-corrected chi connectivity index (χ3v) is 1.97. The average Bonchev–Trinajstić information content (AvgIpc) is 2.27. The highest BCUT2D eigenvalue weighted by molar-refractivity contribution is 5.91. The van der Waals surface area contributed by atoms with Crippen LogP contribution >= 0.6 is 0 Å². The third kappa shape index (κ3) is 2.67. The number of nitrogens with one attached hydrogen (secondary N) is 1. The van der Waals surface area contributed by atoms with Crippen LogP contribution in [0, 0.1) is 10.1 Å². The second-order valence-electron chi connectivity index (χ2n) is 3.09. The summed E-state index contributed by atoms with van der Waals surface area (Å²) >= 11 is 0. The third-order valence-electron chi connectivity index (χ3n) is 1.97. The first kappa shape index (κ1) is 13.7. The van der Waals surface area contributed by atoms with Crippen molar-refractivity contribution in [2.24, 2.45) is 0 Å². The maximum atomic E-state index is 12.6. The Labute approximate surface area is 98.5 Å². The Morgan fingerprint density at radius 3 is 2.67 bits per heavy atom. The summed E-state index contributed by atoms with van der Waals surface area (Å²) in [6.07, 6.45) is -3.24. The molecule has 1 aromatic rings. The van der Waals surface area contributed by atoms with Crippen LogP contribution in [-0.4, -0.2) is 22.5 Å². The van der Waals surface area contributed by atoms with Crippen molar-refractivity contribution in [1.82, 2.24) is 4.98 Å². The van der Waals surface area contributed by atoms with Gasteiger partial charge in [0.05, 0.1) is 12.2 Å². The Hall–Kier alpha value is -2.32. The van der Waals surface area contributed by atoms with Crippen molar-refractivity contribution in [2.45, 2.75) is 13.3 Å². The molecular formula is C9H8F2N2O5. The van der Waals surface area contributed by atoms with E-state index in [0.29, 0.717) is 6.07 Å². The molecule has 18 heavy (non-hydrogen) atoms. The minimum absolute atomic E-state index is 0.109. The fourth-order valence-electron chi connectivity index (χ4n) is 1.25. The summed E-state index contributed by atoms with van der Waals surface area (Å²) in [5.41, 5.74) is -3.33. The van der Waals surface area contributed by atoms with E-state index in [9.17, 15) is 28.5 Å². The molecule has 0 bridgehead atoms. The molecule has 1 N–H and O–H groups in total. The Kier molecular flexibility index (Phi) is 4.08. The smallest absolute Gasteiger partial charge is 0.341 e. The minimum atomic E-state index is -3.24. The molecule has 0 fully saturated rings. The standard InChI is InChI=1S/C9H8F2N2O5/c1-2-18-9(15)4-3-5(13(16)17)12-8(14)6(4)7(10)11/h3,7H,2H2,1H3,(H,12,14). The van der Waals surface area contributed by atoms with Gasteiger partial charge in [0.25, 0.3) is 6.43 Å². The van der Waals surface area contributed by atoms with Crippen molar-refractivity contribution in [1.29, 1.82) is 0 Å². The molecule has 0 saturated heterocycles. The summed E-state index contributed by atoms with van der Waals surface area (Å²) in [5.74, 6) is -2.06. The molecule has 0 radical (unpaired) electrons. The summed E-state index contributed by atoms with van der Waals surface area (Å²) in [4.78, 5) is 33.7. The number of hydrogen-bond acceptors (Lipinski definition) is 5. The zero-order chi connectivity index (χ0) is 13.9. The van der Waals surface area contributed by atoms with Crippen molar-refractivity contribution in [3.63, 3.8) is 0 Å². The maximum Gasteiger partial charge on any atom is 0.341 e. The largest absolute Gasteiger partial charge is 0.462 e. The molecule has 1 aromatic heterocycles. The van der Waals surface area contributed by atoms with E-state index >= 15 is 0 Å². The second-order valence-corrected chi connectivity index (χ2v) is 3.09. The van der Waals surface area contributed by atoms with Gasteiger partial charge in [0, 0.05) is 6.07 Å². The number of nitrogens with zero attached hydrogens (tertiary/aromatic N) is 1. The van der Waals surface area contributed by atoms with Gasteiger partial charge in [-0.1, -0.05) is 0 Å². The lowest BCUT2D eigenvalue weighted by atomic mass is 10.1. The quantitative estimate of drug-likeness (QED) is 0.502. The van der Waals surface area contributed by atoms with Crippen LogP contribution in [0.4, 0.5) is 14.6 Å². The Morgan fingerprint density at radius 2 is 2.22 bits per heavy atom. The highest BCUT2D eigenvalue weighted by Gasteiger charge is 2.27. The lowest BCUT2D eigenvalue weighted by Gasteiger charge is -2.06. The molecule has 9 heteroatoms. The first-order valence-corrected chi connectivity index (χ1v) is 4.75. The molecule has 1 rings (SSSR count). The minimum Gasteiger partial charge on any atom is -0.462 e. The van der Waals surface area contributed by atoms with Gasteiger partial charge >= 0.3 is 17.3 Å². The van der Waals surface area contributed by atoms with Crippen LogP contribution in [0.2, 0.25) is 0 Å². The van der Waals surface area contributed by atoms with E-state index in [4.69, 9.17) is 0 Å². The van der Waals surface area contributed by atoms with Gasteiger partial charge in [-0.3, -0.25) is 0 Å². The predicted octanol–water partition coefficient (Wildman–Crippen LogP) is 1.40. The molecule has 7 nitrogen and oxygen atoms in total. The van der Waals surface area contributed by atoms with Gasteiger partial charge in [0.1, 0.15) is 5.56 Å². The summed E-state index contributed by atoms with van der Waals surface area (Å²) in [6, 6.07) is 0.556. The number of esters is 1. The van der Waals surface area contributed by atoms with Gasteiger partial charge in [-0.2, -0.15) is 0 Å². The molecule has 0 spiro atoms. The number of aromatic nitrogens is 1. The van der Waals surface area contributed by atoms with Gasteiger partial charge in [-0.15, -0.1) is 0 Å². The number of hydrogen-bond donors (Lipinski definition) is 1. The number of H-pyrrole nitrogens is 1. The molecule has 0 aliphatic carbocycles. The molecule has 0 unspecified atom stereocenters. The lowest BCUT2D eigenvalue weighted by Crippen LogP contribution is -2.21. The Morgan fingerprint density at radius 1 is 1.61 bits per heavy atom. The molecule has 0 saturated carbocycles. The summed E-state index contributed by atoms with van der Waals surface area (Å²) in [5, 5.41) is 10.5. The van der Waals surface area contributed by atoms with E-state index in [-0.39, 0.29) is 6.61 Å². The van der Waals surface area contributed by atoms with Crippen molar-refractivity contribution >= 4 is 11.8 Å². The lowest BCUT2D eigenvalue weighted by molar-refractivity contribution is -0.389. The van der Waals surface area contributed by atoms with Crippen molar-refractivity contribution in [3.8, 4) is 0 Å². The monoisotopic (exact) mass is 262 g/mol. The maximum absolute atomic E-state index is 12.6. The van der Waals surface area contributed by atoms with E-state index in [0.717, 1.165) is 0 Å². The summed E-state index contributed by atoms with van der Waals surface area (Å²) in [6.45, 7) is 1.32. The number of aromatic amines is 1. The molecule has 0 aliphatic heterocycles. The fraction of sp³-hybridized carbons (Fsp3) is 0.333. The summed E-state index contributed by atoms with van der Waals surface area (Å²) < 4.78 is 29.7. The average molecular weight is 262 g/mol. The molecule has 0 atom stereocenters. The highest BCUT2D eigenvalue weighted by Crippen LogP contribution is 2.22. The van der Waals surface area contributed by atoms with Gasteiger partial charge in [0.15, 0.2) is 0 Å². The van der Waals surface area contributed by atoms with Gasteiger partial charge < -0.3 is 14.9 Å². The molecule has 0 aromatic carbocycles. The van der Waals surface area contributed by atoms with Crippen molar-refractivity contribution in [2.75, 3.05) is 6.61 Å². The first-order valence-electron chi connectivity index (χ1n) is 4.75. The molecule has 1 heterocycles. The molecular weight excluding hydrogens is 254 g/mol. The van der Waals surface area contributed by atoms with E-state index in [1.165, 1.54) is 6.92 Å². The van der Waals surface area contributed by atoms with Crippen molar-refractivity contribution < 1.29 is 23.2 Å². The zero-order valence-corrected chi connectivity index (χ0v) is 9.11. The zero-order valence-electron chi connectivity index (χ0n) is 9.11. The molecule has 0 amide bonds. The molecule has 0 aliphatic rings. The van der Waals surface area contributed by atoms with Crippen LogP contribution in [-0.2, 0) is 4.74 Å². The Balaban J connectivity index is 3.47. The first-order chi connectivity index (χ1) is 8.38. The van der Waals surface area contributed by atoms with Crippen LogP contribution in [0.25, 0.3) is 0 Å². The number of rotatable bonds is 4. The highest BCUT2D eigenvalue weighted by atomic mass is 19.3. The van der Waals surface area contributed by atoms with E-state index < -0.39 is 39.8 Å². The number of pyridine rings is 1. The van der Waals surface area contributed by atoms with Gasteiger partial charge in [-0.25, -0.2) is 23.4 Å². The number of halogens is 2. The predicted molar refractivity (Wildman–Crippen MR) is 54.6 cm³/mol. The second kappa shape index (κ2) is 5.34. The molecule has 98 valence electrons. The van der Waals surface area contributed by atoms with Crippen LogP contribution in [0.15, 0.2) is 10.9 Å². The number of carbonyl (C=O) groups excluding carboxylic acids is 1. The van der Waals surface area contributed by atoms with Crippen molar-refractivity contribution in [3.05, 3.63) is 37.7 Å². The number of ether oxygens (including phenoxy) is 1. The van der Waals surface area contributed by atoms with Crippen LogP contribution < -0.4 is 5.56 Å². The van der Waals surface area contributed by atoms with Crippen LogP contribution in [0.5, 0.6) is 0 Å². The Bertz CT molecular complexity index is 540. The SMILES string of the molecule is CCOC(=O)c1cc([N+](=O)[O-])[nH]c(=O)c1C(F)F. The van der Waals surface area contributed by atoms with E-state index in [1.807, 2.05) is 0 Å². The normalized spacial score (nSPS) is 10.4. The fourth-order valence-corrected chi connectivity index (χ4v) is 1.25. The summed E-state index contributed by atoms with van der Waals surface area (Å²) in [7, 11) is 0. The van der Waals surface area contributed by atoms with Gasteiger partial charge in [-0.05, 0) is 11.8 Å². The number of nitro groups is 1. The number of alkyl halides is 2. The number of carbonyl (C=O) groups is 1. The van der Waals surface area contributed by atoms with E-state index in [2.05, 4.69) is 4.74 Å². The van der Waals surface area contributed by atoms with E-state index in [1.54, 1.807) is 4.98 Å². The topological polar surface area (TPSA) is 102 Å².